The van der Waals surface area contributed by atoms with Crippen LogP contribution in [0.15, 0.2) is 0 Å². The highest BCUT2D eigenvalue weighted by Crippen LogP contribution is 2.28. The molecule has 0 radical (unpaired) electrons. The molecular weight excluding hydrogens is 976 g/mol. The molecule has 0 spiro atoms. The second-order valence-electron chi connectivity index (χ2n) is 30.6. The molecule has 0 aliphatic rings. The quantitative estimate of drug-likeness (QED) is 0.142. The fourth-order valence-electron chi connectivity index (χ4n) is 7.85. The van der Waals surface area contributed by atoms with Crippen molar-refractivity contribution < 1.29 is 0 Å². The lowest BCUT2D eigenvalue weighted by Gasteiger charge is -2.51. The van der Waals surface area contributed by atoms with Crippen LogP contribution in [0.4, 0.5) is 0 Å². The molecule has 0 bridgehead atoms. The fourth-order valence-corrected chi connectivity index (χ4v) is 70.7. The molecule has 19 heteroatoms. The fraction of sp³-hybridized carbons (Fsp3) is 0.978. The van der Waals surface area contributed by atoms with Crippen LogP contribution in [0.1, 0.15) is 0 Å². The van der Waals surface area contributed by atoms with Gasteiger partial charge in [0.05, 0.1) is 0 Å². The summed E-state index contributed by atoms with van der Waals surface area (Å²) in [5, 5.41) is 0. The molecule has 64 heavy (non-hydrogen) atoms. The normalized spacial score (nSPS) is 14.0. The van der Waals surface area contributed by atoms with E-state index in [0.717, 1.165) is 0 Å². The van der Waals surface area contributed by atoms with Crippen molar-refractivity contribution in [1.29, 1.82) is 0 Å². The average molecular weight is 1110 g/mol. The van der Waals surface area contributed by atoms with E-state index in [2.05, 4.69) is 303 Å². The van der Waals surface area contributed by atoms with E-state index in [1.54, 1.807) is 0 Å². The van der Waals surface area contributed by atoms with Gasteiger partial charge in [-0.2, -0.15) is 0 Å². The van der Waals surface area contributed by atoms with Gasteiger partial charge in [0, 0.05) is 6.55 Å². The summed E-state index contributed by atoms with van der Waals surface area (Å²) >= 11 is 0. The molecule has 0 saturated carbocycles. The first-order chi connectivity index (χ1) is 26.7. The molecule has 0 aromatic heterocycles. The van der Waals surface area contributed by atoms with Crippen molar-refractivity contribution in [2.75, 3.05) is 63.4 Å². The maximum absolute atomic E-state index is 4.44. The molecule has 0 N–H and O–H groups in total. The molecule has 0 aromatic carbocycles. The Hall–Kier alpha value is 2.19. The number of rotatable bonds is 12. The van der Waals surface area contributed by atoms with Crippen LogP contribution in [0.5, 0.6) is 0 Å². The Morgan fingerprint density at radius 2 is 0.312 bits per heavy atom. The van der Waals surface area contributed by atoms with Crippen molar-refractivity contribution >= 4 is 98.8 Å². The molecule has 0 fully saturated rings. The van der Waals surface area contributed by atoms with E-state index >= 15 is 0 Å². The molecule has 0 rings (SSSR count). The summed E-state index contributed by atoms with van der Waals surface area (Å²) in [5.74, 6) is 0. The molecule has 0 atom stereocenters. The Balaban J connectivity index is -0.000000121. The van der Waals surface area contributed by atoms with Gasteiger partial charge in [0.1, 0.15) is 90.6 Å². The first-order valence-electron chi connectivity index (χ1n) is 24.6. The van der Waals surface area contributed by atoms with E-state index in [-0.39, 0.29) is 0 Å². The van der Waals surface area contributed by atoms with E-state index < -0.39 is 98.8 Å². The van der Waals surface area contributed by atoms with Gasteiger partial charge in [0.15, 0.2) is 0 Å². The van der Waals surface area contributed by atoms with Crippen LogP contribution in [0.2, 0.25) is 229 Å². The second-order valence-corrected chi connectivity index (χ2v) is 92.7. The Kier molecular flexibility index (Phi) is 37.2. The van der Waals surface area contributed by atoms with Gasteiger partial charge in [-0.1, -0.05) is 216 Å². The largest absolute Gasteiger partial charge is 0.369 e. The van der Waals surface area contributed by atoms with E-state index in [9.17, 15) is 0 Å². The molecule has 0 aromatic rings. The van der Waals surface area contributed by atoms with Crippen molar-refractivity contribution in [3.63, 3.8) is 0 Å². The van der Waals surface area contributed by atoms with Gasteiger partial charge in [-0.05, 0) is 76.5 Å². The van der Waals surface area contributed by atoms with Crippen LogP contribution in [0.3, 0.4) is 0 Å². The number of hydrogen-bond acceptors (Lipinski definition) is 7. The Bertz CT molecular complexity index is 983. The lowest BCUT2D eigenvalue weighted by atomic mass is 11.0. The molecule has 0 unspecified atom stereocenters. The lowest BCUT2D eigenvalue weighted by molar-refractivity contribution is 0.505. The maximum Gasteiger partial charge on any atom is 0.325 e. The van der Waals surface area contributed by atoms with Gasteiger partial charge in [-0.15, -0.1) is 0 Å². The van der Waals surface area contributed by atoms with Crippen molar-refractivity contribution in [2.45, 2.75) is 229 Å². The molecule has 0 aliphatic heterocycles. The van der Waals surface area contributed by atoms with Gasteiger partial charge in [0.2, 0.25) is 0 Å². The Morgan fingerprint density at radius 1 is 0.203 bits per heavy atom. The highest BCUT2D eigenvalue weighted by Gasteiger charge is 2.48. The average Bonchev–Trinajstić information content (AvgIpc) is 2.85. The van der Waals surface area contributed by atoms with E-state index in [1.807, 2.05) is 26.0 Å². The maximum atomic E-state index is 4.44. The van der Waals surface area contributed by atoms with Crippen LogP contribution in [0, 0.1) is 6.55 Å². The molecule has 0 saturated heterocycles. The minimum absolute atomic E-state index is 0.901. The van der Waals surface area contributed by atoms with Crippen molar-refractivity contribution in [2.24, 2.45) is 0 Å². The molecule has 0 aliphatic carbocycles. The molecular formula is C45H134N7Si12+. The summed E-state index contributed by atoms with van der Waals surface area (Å²) in [6.07, 6.45) is 0. The summed E-state index contributed by atoms with van der Waals surface area (Å²) < 4.78 is 15.8. The SMILES string of the molecule is CN(C)C.CN(C)[Si](C)(C)C.CN(C)[Si](C)(C)C.CN([Si](C)(C)C)[Si](C)(C)C.CN([Si](C)(C)C)[Si](C)(C)C.C[Si](C)(C)N([Si](C)(C)C)[Si](C)(C)C.[CH2+][Si](C)(C)N([Si](C)(C)C)[Si](C)(C)C. The zero-order valence-electron chi connectivity index (χ0n) is 53.8. The second kappa shape index (κ2) is 29.6. The van der Waals surface area contributed by atoms with Gasteiger partial charge in [0.25, 0.3) is 0 Å². The monoisotopic (exact) mass is 1110 g/mol. The van der Waals surface area contributed by atoms with Crippen LogP contribution in [-0.2, 0) is 0 Å². The van der Waals surface area contributed by atoms with Gasteiger partial charge in [-0.3, -0.25) is 0 Å². The third-order valence-corrected chi connectivity index (χ3v) is 63.8. The van der Waals surface area contributed by atoms with E-state index in [1.165, 1.54) is 0 Å². The predicted molar refractivity (Wildman–Crippen MR) is 346 cm³/mol. The van der Waals surface area contributed by atoms with Crippen LogP contribution in [0.25, 0.3) is 0 Å². The Morgan fingerprint density at radius 3 is 0.312 bits per heavy atom. The summed E-state index contributed by atoms with van der Waals surface area (Å²) in [5.41, 5.74) is 0. The number of nitrogens with zero attached hydrogens (tertiary/aromatic N) is 7. The molecule has 396 valence electrons. The minimum Gasteiger partial charge on any atom is -0.369 e. The summed E-state index contributed by atoms with van der Waals surface area (Å²) in [4.78, 5) is 2.00. The first-order valence-corrected chi connectivity index (χ1v) is 65.6. The van der Waals surface area contributed by atoms with Crippen LogP contribution < -0.4 is 0 Å². The highest BCUT2D eigenvalue weighted by molar-refractivity contribution is 7.05. The van der Waals surface area contributed by atoms with Crippen molar-refractivity contribution in [3.05, 3.63) is 6.55 Å². The minimum atomic E-state index is -1.35. The van der Waals surface area contributed by atoms with Crippen molar-refractivity contribution in [1.82, 2.24) is 30.3 Å². The summed E-state index contributed by atoms with van der Waals surface area (Å²) in [7, 11) is 6.37. The third kappa shape index (κ3) is 46.6. The summed E-state index contributed by atoms with van der Waals surface area (Å²) in [6.45, 7) is 89.2. The standard InChI is InChI=1S/C9H27NSi3.C9H26NSi3.2C7H21NSi2.2C5H15NSi.C3H9N/c2*1-11(2,3)10(12(4,5)6)13(7,8)9;2*1-8(9(2,3)4)10(5,6)7;2*1-6(2)7(3,4)5;1-4(2)3/h1-9H3;1H2,2-9H3;2*1-7H3;2*1-5H3;1-3H3/q;+1;;;;;. The smallest absolute Gasteiger partial charge is 0.325 e. The molecule has 0 heterocycles. The topological polar surface area (TPSA) is 22.7 Å². The van der Waals surface area contributed by atoms with Crippen molar-refractivity contribution in [3.8, 4) is 0 Å². The first kappa shape index (κ1) is 80.3. The lowest BCUT2D eigenvalue weighted by Crippen LogP contribution is -2.69. The van der Waals surface area contributed by atoms with Crippen LogP contribution >= 0.6 is 0 Å². The zero-order chi connectivity index (χ0) is 55.0. The molecule has 0 amide bonds. The predicted octanol–water partition coefficient (Wildman–Crippen LogP) is 15.4. The Labute approximate surface area is 425 Å². The van der Waals surface area contributed by atoms with Gasteiger partial charge < -0.3 is 30.3 Å². The van der Waals surface area contributed by atoms with E-state index in [4.69, 9.17) is 0 Å². The third-order valence-electron chi connectivity index (χ3n) is 10.7. The zero-order valence-corrected chi connectivity index (χ0v) is 65.8. The number of hydrogen-bond donors (Lipinski definition) is 0. The van der Waals surface area contributed by atoms with Crippen LogP contribution in [-0.4, -0.2) is 193 Å². The highest BCUT2D eigenvalue weighted by atomic mass is 28.5. The van der Waals surface area contributed by atoms with Gasteiger partial charge in [-0.25, -0.2) is 0 Å². The van der Waals surface area contributed by atoms with Gasteiger partial charge >= 0.3 is 8.24 Å². The molecule has 7 nitrogen and oxygen atoms in total. The van der Waals surface area contributed by atoms with E-state index in [0.29, 0.717) is 0 Å². The summed E-state index contributed by atoms with van der Waals surface area (Å²) in [6, 6.07) is 0.